The molecule has 2 rings (SSSR count). The fourth-order valence-corrected chi connectivity index (χ4v) is 2.90. The van der Waals surface area contributed by atoms with E-state index in [0.29, 0.717) is 4.90 Å². The third-order valence-corrected chi connectivity index (χ3v) is 3.94. The number of hydrogen-bond donors (Lipinski definition) is 2. The summed E-state index contributed by atoms with van der Waals surface area (Å²) in [6.45, 7) is 0.214. The second-order valence-corrected chi connectivity index (χ2v) is 5.39. The second kappa shape index (κ2) is 4.83. The van der Waals surface area contributed by atoms with Crippen LogP contribution < -0.4 is 10.0 Å². The molecule has 2 aromatic rings. The summed E-state index contributed by atoms with van der Waals surface area (Å²) < 4.78 is 26.6. The van der Waals surface area contributed by atoms with Gasteiger partial charge in [0, 0.05) is 5.39 Å². The van der Waals surface area contributed by atoms with Crippen molar-refractivity contribution in [2.45, 2.75) is 4.90 Å². The molecule has 2 aromatic carbocycles. The van der Waals surface area contributed by atoms with Crippen LogP contribution in [0.3, 0.4) is 0 Å². The minimum absolute atomic E-state index is 0.214. The third-order valence-electron chi connectivity index (χ3n) is 2.48. The predicted octanol–water partition coefficient (Wildman–Crippen LogP) is 1.29. The van der Waals surface area contributed by atoms with Gasteiger partial charge in [0.05, 0.1) is 11.6 Å². The van der Waals surface area contributed by atoms with Crippen molar-refractivity contribution in [2.24, 2.45) is 0 Å². The largest absolute Gasteiger partial charge is 0.307 e. The molecule has 0 aliphatic carbocycles. The smallest absolute Gasteiger partial charge is 0.242 e. The number of sulfonamides is 1. The summed E-state index contributed by atoms with van der Waals surface area (Å²) >= 11 is 0. The topological polar surface area (TPSA) is 58.2 Å². The molecule has 0 atom stereocenters. The van der Waals surface area contributed by atoms with Crippen molar-refractivity contribution in [3.8, 4) is 0 Å². The van der Waals surface area contributed by atoms with Gasteiger partial charge in [-0.25, -0.2) is 8.42 Å². The van der Waals surface area contributed by atoms with Gasteiger partial charge in [0.15, 0.2) is 0 Å². The van der Waals surface area contributed by atoms with E-state index in [-0.39, 0.29) is 6.67 Å². The molecule has 0 fully saturated rings. The molecule has 0 amide bonds. The monoisotopic (exact) mass is 250 g/mol. The molecule has 0 radical (unpaired) electrons. The SMILES string of the molecule is CNCNS(=O)(=O)c1cccc2ccccc12. The molecule has 17 heavy (non-hydrogen) atoms. The molecular formula is C12H14N2O2S. The van der Waals surface area contributed by atoms with E-state index >= 15 is 0 Å². The number of rotatable bonds is 4. The minimum atomic E-state index is -3.46. The lowest BCUT2D eigenvalue weighted by Gasteiger charge is -2.08. The molecule has 90 valence electrons. The molecule has 4 nitrogen and oxygen atoms in total. The van der Waals surface area contributed by atoms with E-state index in [1.807, 2.05) is 30.3 Å². The van der Waals surface area contributed by atoms with Crippen molar-refractivity contribution in [1.29, 1.82) is 0 Å². The van der Waals surface area contributed by atoms with Gasteiger partial charge < -0.3 is 5.32 Å². The molecule has 0 unspecified atom stereocenters. The fourth-order valence-electron chi connectivity index (χ4n) is 1.67. The predicted molar refractivity (Wildman–Crippen MR) is 68.2 cm³/mol. The van der Waals surface area contributed by atoms with E-state index in [1.165, 1.54) is 0 Å². The summed E-state index contributed by atoms with van der Waals surface area (Å²) in [5, 5.41) is 4.40. The first kappa shape index (κ1) is 12.0. The Morgan fingerprint density at radius 1 is 1.06 bits per heavy atom. The van der Waals surface area contributed by atoms with Crippen LogP contribution in [0.2, 0.25) is 0 Å². The van der Waals surface area contributed by atoms with Crippen LogP contribution in [0.5, 0.6) is 0 Å². The van der Waals surface area contributed by atoms with E-state index in [4.69, 9.17) is 0 Å². The Bertz CT molecular complexity index is 618. The van der Waals surface area contributed by atoms with Gasteiger partial charge in [-0.15, -0.1) is 0 Å². The zero-order chi connectivity index (χ0) is 12.3. The maximum absolute atomic E-state index is 12.1. The van der Waals surface area contributed by atoms with Gasteiger partial charge in [-0.1, -0.05) is 36.4 Å². The first-order valence-corrected chi connectivity index (χ1v) is 6.75. The number of benzene rings is 2. The van der Waals surface area contributed by atoms with E-state index in [0.717, 1.165) is 10.8 Å². The average Bonchev–Trinajstić information content (AvgIpc) is 2.36. The number of nitrogens with one attached hydrogen (secondary N) is 2. The lowest BCUT2D eigenvalue weighted by Crippen LogP contribution is -2.31. The Kier molecular flexibility index (Phi) is 3.42. The normalized spacial score (nSPS) is 11.8. The van der Waals surface area contributed by atoms with Gasteiger partial charge in [0.2, 0.25) is 10.0 Å². The summed E-state index contributed by atoms with van der Waals surface area (Å²) in [5.74, 6) is 0. The quantitative estimate of drug-likeness (QED) is 0.804. The fraction of sp³-hybridized carbons (Fsp3) is 0.167. The molecule has 0 saturated heterocycles. The maximum Gasteiger partial charge on any atom is 0.242 e. The number of fused-ring (bicyclic) bond motifs is 1. The van der Waals surface area contributed by atoms with Crippen LogP contribution in [0.25, 0.3) is 10.8 Å². The Labute approximate surface area is 101 Å². The van der Waals surface area contributed by atoms with Crippen molar-refractivity contribution < 1.29 is 8.42 Å². The second-order valence-electron chi connectivity index (χ2n) is 3.66. The minimum Gasteiger partial charge on any atom is -0.307 e. The summed E-state index contributed by atoms with van der Waals surface area (Å²) in [4.78, 5) is 0.311. The lowest BCUT2D eigenvalue weighted by molar-refractivity contribution is 0.577. The molecule has 5 heteroatoms. The first-order chi connectivity index (χ1) is 8.15. The molecule has 0 spiro atoms. The van der Waals surface area contributed by atoms with Crippen LogP contribution in [-0.4, -0.2) is 22.1 Å². The van der Waals surface area contributed by atoms with E-state index in [9.17, 15) is 8.42 Å². The van der Waals surface area contributed by atoms with Gasteiger partial charge in [-0.3, -0.25) is 0 Å². The van der Waals surface area contributed by atoms with Crippen molar-refractivity contribution in [3.05, 3.63) is 42.5 Å². The summed E-state index contributed by atoms with van der Waals surface area (Å²) in [5.41, 5.74) is 0. The van der Waals surface area contributed by atoms with Crippen LogP contribution in [0, 0.1) is 0 Å². The summed E-state index contributed by atoms with van der Waals surface area (Å²) in [6.07, 6.45) is 0. The van der Waals surface area contributed by atoms with Crippen molar-refractivity contribution >= 4 is 20.8 Å². The lowest BCUT2D eigenvalue weighted by atomic mass is 10.1. The highest BCUT2D eigenvalue weighted by Crippen LogP contribution is 2.22. The average molecular weight is 250 g/mol. The number of hydrogen-bond acceptors (Lipinski definition) is 3. The highest BCUT2D eigenvalue weighted by atomic mass is 32.2. The zero-order valence-electron chi connectivity index (χ0n) is 9.47. The van der Waals surface area contributed by atoms with Crippen LogP contribution in [0.1, 0.15) is 0 Å². The summed E-state index contributed by atoms with van der Waals surface area (Å²) in [7, 11) is -1.78. The zero-order valence-corrected chi connectivity index (χ0v) is 10.3. The Morgan fingerprint density at radius 2 is 1.76 bits per heavy atom. The van der Waals surface area contributed by atoms with Crippen molar-refractivity contribution in [3.63, 3.8) is 0 Å². The van der Waals surface area contributed by atoms with E-state index in [2.05, 4.69) is 10.0 Å². The molecule has 0 aliphatic rings. The molecule has 0 aliphatic heterocycles. The van der Waals surface area contributed by atoms with Crippen LogP contribution in [-0.2, 0) is 10.0 Å². The van der Waals surface area contributed by atoms with Gasteiger partial charge in [-0.05, 0) is 18.5 Å². The first-order valence-electron chi connectivity index (χ1n) is 5.27. The Balaban J connectivity index is 2.55. The molecular weight excluding hydrogens is 236 g/mol. The summed E-state index contributed by atoms with van der Waals surface area (Å²) in [6, 6.07) is 12.7. The Hall–Kier alpha value is -1.43. The van der Waals surface area contributed by atoms with Crippen LogP contribution in [0.15, 0.2) is 47.4 Å². The van der Waals surface area contributed by atoms with Gasteiger partial charge in [0.25, 0.3) is 0 Å². The standard InChI is InChI=1S/C12H14N2O2S/c1-13-9-14-17(15,16)12-8-4-6-10-5-2-3-7-11(10)12/h2-8,13-14H,9H2,1H3. The van der Waals surface area contributed by atoms with Crippen LogP contribution in [0.4, 0.5) is 0 Å². The van der Waals surface area contributed by atoms with E-state index < -0.39 is 10.0 Å². The van der Waals surface area contributed by atoms with Crippen molar-refractivity contribution in [1.82, 2.24) is 10.0 Å². The van der Waals surface area contributed by atoms with Crippen molar-refractivity contribution in [2.75, 3.05) is 13.7 Å². The molecule has 0 bridgehead atoms. The molecule has 0 aromatic heterocycles. The Morgan fingerprint density at radius 3 is 2.53 bits per heavy atom. The maximum atomic E-state index is 12.1. The van der Waals surface area contributed by atoms with Gasteiger partial charge >= 0.3 is 0 Å². The van der Waals surface area contributed by atoms with Crippen LogP contribution >= 0.6 is 0 Å². The van der Waals surface area contributed by atoms with Gasteiger partial charge in [0.1, 0.15) is 0 Å². The third kappa shape index (κ3) is 2.46. The molecule has 0 saturated carbocycles. The highest BCUT2D eigenvalue weighted by molar-refractivity contribution is 7.89. The molecule has 0 heterocycles. The molecule has 2 N–H and O–H groups in total. The highest BCUT2D eigenvalue weighted by Gasteiger charge is 2.15. The van der Waals surface area contributed by atoms with E-state index in [1.54, 1.807) is 19.2 Å². The van der Waals surface area contributed by atoms with Gasteiger partial charge in [-0.2, -0.15) is 4.72 Å².